The summed E-state index contributed by atoms with van der Waals surface area (Å²) in [5.74, 6) is -0.358. The van der Waals surface area contributed by atoms with Crippen molar-refractivity contribution in [3.05, 3.63) is 47.5 Å². The highest BCUT2D eigenvalue weighted by atomic mass is 32.2. The summed E-state index contributed by atoms with van der Waals surface area (Å²) in [5.41, 5.74) is 0.871. The van der Waals surface area contributed by atoms with E-state index in [1.807, 2.05) is 0 Å². The Bertz CT molecular complexity index is 787. The van der Waals surface area contributed by atoms with Crippen LogP contribution in [0.3, 0.4) is 0 Å². The second-order valence-corrected chi connectivity index (χ2v) is 7.34. The monoisotopic (exact) mass is 340 g/mol. The van der Waals surface area contributed by atoms with Crippen molar-refractivity contribution in [2.45, 2.75) is 17.9 Å². The fraction of sp³-hybridized carbons (Fsp3) is 0.400. The van der Waals surface area contributed by atoms with Crippen molar-refractivity contribution < 1.29 is 12.8 Å². The zero-order valence-electron chi connectivity index (χ0n) is 13.6. The number of halogens is 1. The molecule has 0 radical (unpaired) electrons. The van der Waals surface area contributed by atoms with Crippen molar-refractivity contribution >= 4 is 10.0 Å². The molecule has 1 N–H and O–H groups in total. The molecule has 23 heavy (non-hydrogen) atoms. The van der Waals surface area contributed by atoms with Gasteiger partial charge in [-0.1, -0.05) is 18.2 Å². The average Bonchev–Trinajstić information content (AvgIpc) is 2.80. The van der Waals surface area contributed by atoms with E-state index in [1.165, 1.54) is 16.9 Å². The van der Waals surface area contributed by atoms with Crippen LogP contribution in [0, 0.1) is 12.7 Å². The summed E-state index contributed by atoms with van der Waals surface area (Å²) in [6, 6.07) is 5.95. The quantitative estimate of drug-likeness (QED) is 0.864. The Morgan fingerprint density at radius 1 is 1.35 bits per heavy atom. The summed E-state index contributed by atoms with van der Waals surface area (Å²) in [6.45, 7) is 1.69. The molecule has 2 aromatic rings. The van der Waals surface area contributed by atoms with Crippen molar-refractivity contribution in [1.82, 2.24) is 19.4 Å². The molecule has 126 valence electrons. The Morgan fingerprint density at radius 3 is 2.52 bits per heavy atom. The van der Waals surface area contributed by atoms with Gasteiger partial charge in [0.2, 0.25) is 10.0 Å². The first kappa shape index (κ1) is 17.6. The van der Waals surface area contributed by atoms with E-state index in [1.54, 1.807) is 51.2 Å². The van der Waals surface area contributed by atoms with Crippen LogP contribution in [-0.4, -0.2) is 43.7 Å². The zero-order valence-corrected chi connectivity index (χ0v) is 14.4. The molecule has 1 heterocycles. The number of aryl methyl sites for hydroxylation is 2. The van der Waals surface area contributed by atoms with E-state index in [2.05, 4.69) is 9.82 Å². The average molecular weight is 340 g/mol. The molecule has 1 unspecified atom stereocenters. The van der Waals surface area contributed by atoms with Gasteiger partial charge in [-0.3, -0.25) is 4.68 Å². The number of benzene rings is 1. The maximum atomic E-state index is 14.0. The molecule has 0 amide bonds. The molecule has 0 fully saturated rings. The molecule has 0 aliphatic heterocycles. The van der Waals surface area contributed by atoms with Gasteiger partial charge in [0, 0.05) is 25.4 Å². The van der Waals surface area contributed by atoms with Gasteiger partial charge in [0.1, 0.15) is 10.7 Å². The number of nitrogens with one attached hydrogen (secondary N) is 1. The lowest BCUT2D eigenvalue weighted by atomic mass is 10.1. The molecule has 0 aliphatic carbocycles. The topological polar surface area (TPSA) is 67.2 Å². The summed E-state index contributed by atoms with van der Waals surface area (Å²) < 4.78 is 42.9. The Balaban J connectivity index is 2.23. The lowest BCUT2D eigenvalue weighted by molar-refractivity contribution is 0.292. The van der Waals surface area contributed by atoms with Crippen LogP contribution in [0.4, 0.5) is 4.39 Å². The van der Waals surface area contributed by atoms with Crippen molar-refractivity contribution in [2.24, 2.45) is 7.05 Å². The zero-order chi connectivity index (χ0) is 17.2. The first-order valence-corrected chi connectivity index (χ1v) is 8.61. The van der Waals surface area contributed by atoms with Crippen molar-refractivity contribution in [2.75, 3.05) is 20.6 Å². The van der Waals surface area contributed by atoms with Crippen LogP contribution in [0.25, 0.3) is 0 Å². The molecule has 0 aliphatic rings. The van der Waals surface area contributed by atoms with E-state index in [-0.39, 0.29) is 17.3 Å². The number of rotatable bonds is 6. The van der Waals surface area contributed by atoms with Gasteiger partial charge in [-0.25, -0.2) is 17.5 Å². The van der Waals surface area contributed by atoms with E-state index in [0.717, 1.165) is 0 Å². The van der Waals surface area contributed by atoms with Crippen molar-refractivity contribution in [3.63, 3.8) is 0 Å². The first-order chi connectivity index (χ1) is 10.7. The van der Waals surface area contributed by atoms with Crippen LogP contribution in [0.2, 0.25) is 0 Å². The van der Waals surface area contributed by atoms with Gasteiger partial charge in [0.15, 0.2) is 0 Å². The summed E-state index contributed by atoms with van der Waals surface area (Å²) in [6.07, 6.45) is 1.45. The summed E-state index contributed by atoms with van der Waals surface area (Å²) >= 11 is 0. The third-order valence-electron chi connectivity index (χ3n) is 3.61. The third kappa shape index (κ3) is 3.95. The molecule has 1 aromatic heterocycles. The van der Waals surface area contributed by atoms with Gasteiger partial charge in [-0.05, 0) is 27.1 Å². The number of sulfonamides is 1. The highest BCUT2D eigenvalue weighted by molar-refractivity contribution is 7.89. The molecular formula is C15H21FN4O2S. The largest absolute Gasteiger partial charge is 0.301 e. The van der Waals surface area contributed by atoms with Crippen molar-refractivity contribution in [3.8, 4) is 0 Å². The molecule has 6 nitrogen and oxygen atoms in total. The number of hydrogen-bond acceptors (Lipinski definition) is 4. The van der Waals surface area contributed by atoms with Gasteiger partial charge >= 0.3 is 0 Å². The molecule has 0 saturated carbocycles. The minimum Gasteiger partial charge on any atom is -0.301 e. The molecule has 0 saturated heterocycles. The number of hydrogen-bond donors (Lipinski definition) is 1. The van der Waals surface area contributed by atoms with Gasteiger partial charge in [-0.2, -0.15) is 5.10 Å². The number of aromatic nitrogens is 2. The van der Waals surface area contributed by atoms with Crippen LogP contribution < -0.4 is 4.72 Å². The molecule has 0 bridgehead atoms. The fourth-order valence-electron chi connectivity index (χ4n) is 2.42. The molecule has 8 heteroatoms. The highest BCUT2D eigenvalue weighted by Gasteiger charge is 2.24. The first-order valence-electron chi connectivity index (χ1n) is 7.13. The standard InChI is InChI=1S/C15H21FN4O2S/c1-11-15(10-20(4)18-11)23(21,22)17-9-14(19(2)3)12-7-5-6-8-13(12)16/h5-8,10,14,17H,9H2,1-4H3. The normalized spacial score (nSPS) is 13.5. The Hall–Kier alpha value is -1.77. The summed E-state index contributed by atoms with van der Waals surface area (Å²) in [5, 5.41) is 4.04. The lowest BCUT2D eigenvalue weighted by Crippen LogP contribution is -2.35. The van der Waals surface area contributed by atoms with Crippen LogP contribution in [0.1, 0.15) is 17.3 Å². The smallest absolute Gasteiger partial charge is 0.244 e. The van der Waals surface area contributed by atoms with Gasteiger partial charge in [0.05, 0.1) is 11.7 Å². The van der Waals surface area contributed by atoms with E-state index < -0.39 is 16.1 Å². The second kappa shape index (κ2) is 6.77. The Kier molecular flexibility index (Phi) is 5.18. The number of nitrogens with zero attached hydrogens (tertiary/aromatic N) is 3. The molecule has 1 aromatic carbocycles. The SMILES string of the molecule is Cc1nn(C)cc1S(=O)(=O)NCC(c1ccccc1F)N(C)C. The van der Waals surface area contributed by atoms with Crippen molar-refractivity contribution in [1.29, 1.82) is 0 Å². The van der Waals surface area contributed by atoms with Gasteiger partial charge in [0.25, 0.3) is 0 Å². The Morgan fingerprint density at radius 2 is 2.00 bits per heavy atom. The molecule has 1 atom stereocenters. The van der Waals surface area contributed by atoms with Crippen LogP contribution in [0.15, 0.2) is 35.4 Å². The van der Waals surface area contributed by atoms with E-state index >= 15 is 0 Å². The van der Waals surface area contributed by atoms with Gasteiger partial charge in [-0.15, -0.1) is 0 Å². The predicted octanol–water partition coefficient (Wildman–Crippen LogP) is 1.45. The van der Waals surface area contributed by atoms with Crippen LogP contribution in [0.5, 0.6) is 0 Å². The van der Waals surface area contributed by atoms with Gasteiger partial charge < -0.3 is 4.90 Å². The highest BCUT2D eigenvalue weighted by Crippen LogP contribution is 2.21. The second-order valence-electron chi connectivity index (χ2n) is 5.61. The van der Waals surface area contributed by atoms with E-state index in [9.17, 15) is 12.8 Å². The maximum absolute atomic E-state index is 14.0. The predicted molar refractivity (Wildman–Crippen MR) is 86.0 cm³/mol. The molecule has 2 rings (SSSR count). The summed E-state index contributed by atoms with van der Waals surface area (Å²) in [7, 11) is 1.52. The summed E-state index contributed by atoms with van der Waals surface area (Å²) in [4.78, 5) is 1.91. The third-order valence-corrected chi connectivity index (χ3v) is 5.14. The van der Waals surface area contributed by atoms with Crippen LogP contribution in [-0.2, 0) is 17.1 Å². The minimum absolute atomic E-state index is 0.0601. The fourth-order valence-corrected chi connectivity index (χ4v) is 3.68. The van der Waals surface area contributed by atoms with Crippen LogP contribution >= 0.6 is 0 Å². The Labute approximate surface area is 136 Å². The molecular weight excluding hydrogens is 319 g/mol. The lowest BCUT2D eigenvalue weighted by Gasteiger charge is -2.25. The number of likely N-dealkylation sites (N-methyl/N-ethyl adjacent to an activating group) is 1. The van der Waals surface area contributed by atoms with E-state index in [4.69, 9.17) is 0 Å². The maximum Gasteiger partial charge on any atom is 0.244 e. The molecule has 0 spiro atoms. The van der Waals surface area contributed by atoms with E-state index in [0.29, 0.717) is 11.3 Å². The minimum atomic E-state index is -3.70.